The lowest BCUT2D eigenvalue weighted by Crippen LogP contribution is -2.25. The Labute approximate surface area is 136 Å². The number of carboxylic acids is 1. The number of hydrogen-bond donors (Lipinski definition) is 2. The van der Waals surface area contributed by atoms with Crippen LogP contribution >= 0.6 is 0 Å². The first-order valence-electron chi connectivity index (χ1n) is 7.52. The Morgan fingerprint density at radius 1 is 1.00 bits per heavy atom. The van der Waals surface area contributed by atoms with Crippen LogP contribution in [0.1, 0.15) is 38.2 Å². The van der Waals surface area contributed by atoms with Crippen LogP contribution in [0.5, 0.6) is 0 Å². The van der Waals surface area contributed by atoms with E-state index in [4.69, 9.17) is 5.11 Å². The van der Waals surface area contributed by atoms with Crippen molar-refractivity contribution in [2.45, 2.75) is 33.7 Å². The minimum Gasteiger partial charge on any atom is -0.478 e. The fraction of sp³-hybridized carbons (Fsp3) is 0.263. The van der Waals surface area contributed by atoms with Gasteiger partial charge in [-0.2, -0.15) is 0 Å². The summed E-state index contributed by atoms with van der Waals surface area (Å²) in [5.41, 5.74) is 5.73. The Morgan fingerprint density at radius 3 is 2.09 bits per heavy atom. The lowest BCUT2D eigenvalue weighted by molar-refractivity contribution is -0.120. The molecule has 0 bridgehead atoms. The molecule has 0 atom stereocenters. The number of amides is 1. The lowest BCUT2D eigenvalue weighted by Gasteiger charge is -2.12. The Hall–Kier alpha value is -2.62. The molecule has 2 rings (SSSR count). The highest BCUT2D eigenvalue weighted by atomic mass is 16.4. The average Bonchev–Trinajstić information content (AvgIpc) is 2.46. The van der Waals surface area contributed by atoms with Gasteiger partial charge in [0.25, 0.3) is 0 Å². The van der Waals surface area contributed by atoms with Gasteiger partial charge in [-0.05, 0) is 55.2 Å². The van der Waals surface area contributed by atoms with Crippen molar-refractivity contribution in [2.75, 3.05) is 0 Å². The van der Waals surface area contributed by atoms with Gasteiger partial charge >= 0.3 is 5.97 Å². The van der Waals surface area contributed by atoms with Crippen LogP contribution in [0.15, 0.2) is 36.4 Å². The SMILES string of the molecule is Cc1cc(C)c(CNC(=O)Cc2ccc(C(=O)O)cc2)c(C)c1. The van der Waals surface area contributed by atoms with Crippen LogP contribution < -0.4 is 5.32 Å². The molecule has 0 unspecified atom stereocenters. The van der Waals surface area contributed by atoms with Crippen LogP contribution in [0.3, 0.4) is 0 Å². The van der Waals surface area contributed by atoms with E-state index in [-0.39, 0.29) is 17.9 Å². The summed E-state index contributed by atoms with van der Waals surface area (Å²) in [5.74, 6) is -1.04. The number of hydrogen-bond acceptors (Lipinski definition) is 2. The van der Waals surface area contributed by atoms with Crippen molar-refractivity contribution in [1.29, 1.82) is 0 Å². The summed E-state index contributed by atoms with van der Waals surface area (Å²) in [6.45, 7) is 6.66. The standard InChI is InChI=1S/C19H21NO3/c1-12-8-13(2)17(14(3)9-12)11-20-18(21)10-15-4-6-16(7-5-15)19(22)23/h4-9H,10-11H2,1-3H3,(H,20,21)(H,22,23). The summed E-state index contributed by atoms with van der Waals surface area (Å²) >= 11 is 0. The molecule has 0 heterocycles. The van der Waals surface area contributed by atoms with Crippen molar-refractivity contribution < 1.29 is 14.7 Å². The molecule has 2 aromatic rings. The van der Waals surface area contributed by atoms with Crippen molar-refractivity contribution in [3.63, 3.8) is 0 Å². The number of carbonyl (C=O) groups excluding carboxylic acids is 1. The first-order chi connectivity index (χ1) is 10.9. The molecule has 2 aromatic carbocycles. The molecular weight excluding hydrogens is 290 g/mol. The molecule has 4 nitrogen and oxygen atoms in total. The van der Waals surface area contributed by atoms with Gasteiger partial charge in [-0.1, -0.05) is 29.8 Å². The maximum Gasteiger partial charge on any atom is 0.335 e. The average molecular weight is 311 g/mol. The number of rotatable bonds is 5. The topological polar surface area (TPSA) is 66.4 Å². The lowest BCUT2D eigenvalue weighted by atomic mass is 10.00. The predicted octanol–water partition coefficient (Wildman–Crippen LogP) is 3.17. The predicted molar refractivity (Wildman–Crippen MR) is 89.6 cm³/mol. The van der Waals surface area contributed by atoms with E-state index in [1.165, 1.54) is 28.8 Å². The van der Waals surface area contributed by atoms with Gasteiger partial charge in [-0.25, -0.2) is 4.79 Å². The van der Waals surface area contributed by atoms with Crippen molar-refractivity contribution in [1.82, 2.24) is 5.32 Å². The maximum absolute atomic E-state index is 12.1. The molecule has 0 fully saturated rings. The van der Waals surface area contributed by atoms with E-state index >= 15 is 0 Å². The second-order valence-electron chi connectivity index (χ2n) is 5.83. The minimum atomic E-state index is -0.966. The molecule has 0 saturated heterocycles. The normalized spacial score (nSPS) is 10.4. The highest BCUT2D eigenvalue weighted by Crippen LogP contribution is 2.16. The number of aryl methyl sites for hydroxylation is 3. The molecule has 0 aliphatic carbocycles. The molecule has 0 aliphatic rings. The van der Waals surface area contributed by atoms with Gasteiger partial charge in [-0.3, -0.25) is 4.79 Å². The van der Waals surface area contributed by atoms with E-state index in [1.54, 1.807) is 12.1 Å². The van der Waals surface area contributed by atoms with Crippen molar-refractivity contribution in [3.05, 3.63) is 69.8 Å². The molecular formula is C19H21NO3. The second-order valence-corrected chi connectivity index (χ2v) is 5.83. The largest absolute Gasteiger partial charge is 0.478 e. The monoisotopic (exact) mass is 311 g/mol. The summed E-state index contributed by atoms with van der Waals surface area (Å²) in [4.78, 5) is 22.9. The van der Waals surface area contributed by atoms with E-state index < -0.39 is 5.97 Å². The summed E-state index contributed by atoms with van der Waals surface area (Å²) < 4.78 is 0. The highest BCUT2D eigenvalue weighted by molar-refractivity contribution is 5.87. The summed E-state index contributed by atoms with van der Waals surface area (Å²) in [6.07, 6.45) is 0.240. The van der Waals surface area contributed by atoms with E-state index in [2.05, 4.69) is 24.4 Å². The van der Waals surface area contributed by atoms with E-state index in [1.807, 2.05) is 13.8 Å². The fourth-order valence-corrected chi connectivity index (χ4v) is 2.69. The summed E-state index contributed by atoms with van der Waals surface area (Å²) in [5, 5.41) is 11.8. The summed E-state index contributed by atoms with van der Waals surface area (Å²) in [7, 11) is 0. The highest BCUT2D eigenvalue weighted by Gasteiger charge is 2.08. The fourth-order valence-electron chi connectivity index (χ4n) is 2.69. The van der Waals surface area contributed by atoms with Crippen LogP contribution in [0, 0.1) is 20.8 Å². The van der Waals surface area contributed by atoms with Crippen LogP contribution in [-0.2, 0) is 17.8 Å². The molecule has 0 saturated carbocycles. The first kappa shape index (κ1) is 16.7. The Morgan fingerprint density at radius 2 is 1.57 bits per heavy atom. The number of nitrogens with one attached hydrogen (secondary N) is 1. The molecule has 23 heavy (non-hydrogen) atoms. The zero-order valence-electron chi connectivity index (χ0n) is 13.6. The number of benzene rings is 2. The number of aromatic carboxylic acids is 1. The molecule has 2 N–H and O–H groups in total. The maximum atomic E-state index is 12.1. The van der Waals surface area contributed by atoms with Crippen LogP contribution in [0.2, 0.25) is 0 Å². The Bertz CT molecular complexity index is 710. The molecule has 0 radical (unpaired) electrons. The first-order valence-corrected chi connectivity index (χ1v) is 7.52. The quantitative estimate of drug-likeness (QED) is 0.891. The van der Waals surface area contributed by atoms with E-state index in [0.717, 1.165) is 11.1 Å². The summed E-state index contributed by atoms with van der Waals surface area (Å²) in [6, 6.07) is 10.6. The zero-order valence-corrected chi connectivity index (χ0v) is 13.6. The third-order valence-corrected chi connectivity index (χ3v) is 3.87. The Balaban J connectivity index is 1.96. The van der Waals surface area contributed by atoms with Gasteiger partial charge in [0, 0.05) is 6.54 Å². The third-order valence-electron chi connectivity index (χ3n) is 3.87. The van der Waals surface area contributed by atoms with Gasteiger partial charge in [0.15, 0.2) is 0 Å². The molecule has 0 aliphatic heterocycles. The molecule has 0 aromatic heterocycles. The van der Waals surface area contributed by atoms with Crippen LogP contribution in [0.4, 0.5) is 0 Å². The molecule has 0 spiro atoms. The van der Waals surface area contributed by atoms with Gasteiger partial charge in [0.05, 0.1) is 12.0 Å². The van der Waals surface area contributed by atoms with Crippen LogP contribution in [0.25, 0.3) is 0 Å². The smallest absolute Gasteiger partial charge is 0.335 e. The van der Waals surface area contributed by atoms with Crippen molar-refractivity contribution >= 4 is 11.9 Å². The van der Waals surface area contributed by atoms with Gasteiger partial charge in [0.2, 0.25) is 5.91 Å². The molecule has 120 valence electrons. The van der Waals surface area contributed by atoms with E-state index in [0.29, 0.717) is 6.54 Å². The zero-order chi connectivity index (χ0) is 17.0. The van der Waals surface area contributed by atoms with E-state index in [9.17, 15) is 9.59 Å². The van der Waals surface area contributed by atoms with Crippen molar-refractivity contribution in [3.8, 4) is 0 Å². The molecule has 4 heteroatoms. The molecule has 1 amide bonds. The third kappa shape index (κ3) is 4.42. The van der Waals surface area contributed by atoms with Crippen LogP contribution in [-0.4, -0.2) is 17.0 Å². The van der Waals surface area contributed by atoms with Crippen molar-refractivity contribution in [2.24, 2.45) is 0 Å². The minimum absolute atomic E-state index is 0.0764. The number of carboxylic acid groups (broad SMARTS) is 1. The van der Waals surface area contributed by atoms with Gasteiger partial charge < -0.3 is 10.4 Å². The second kappa shape index (κ2) is 7.09. The Kier molecular flexibility index (Phi) is 5.16. The number of carbonyl (C=O) groups is 2. The van der Waals surface area contributed by atoms with Gasteiger partial charge in [0.1, 0.15) is 0 Å². The van der Waals surface area contributed by atoms with Gasteiger partial charge in [-0.15, -0.1) is 0 Å².